The maximum atomic E-state index is 6.12. The lowest BCUT2D eigenvalue weighted by Gasteiger charge is -2.12. The number of nitrogens with zero attached hydrogens (tertiary/aromatic N) is 1. The fourth-order valence-corrected chi connectivity index (χ4v) is 3.03. The first-order valence-corrected chi connectivity index (χ1v) is 9.11. The number of halogens is 2. The first kappa shape index (κ1) is 18.9. The van der Waals surface area contributed by atoms with E-state index in [1.165, 1.54) is 0 Å². The lowest BCUT2D eigenvalue weighted by atomic mass is 10.2. The topological polar surface area (TPSA) is 42.8 Å². The van der Waals surface area contributed by atoms with Gasteiger partial charge in [-0.25, -0.2) is 0 Å². The van der Waals surface area contributed by atoms with Crippen LogP contribution in [0.25, 0.3) is 0 Å². The standard InChI is InChI=1S/C18H20ClIN2O2/c1-3-8-24-18-16(20)9-13(10-17(18)23-2)11-21-22-12-14-6-4-5-7-15(14)19/h4-7,9-11,22H,3,8,12H2,1-2H3/b21-11-. The average Bonchev–Trinajstić information content (AvgIpc) is 2.58. The van der Waals surface area contributed by atoms with Gasteiger partial charge in [0.1, 0.15) is 0 Å². The SMILES string of the molecule is CCCOc1c(I)cc(/C=N\NCc2ccccc2Cl)cc1OC. The van der Waals surface area contributed by atoms with E-state index < -0.39 is 0 Å². The Balaban J connectivity index is 2.04. The van der Waals surface area contributed by atoms with Gasteiger partial charge in [0.05, 0.1) is 30.0 Å². The van der Waals surface area contributed by atoms with E-state index in [9.17, 15) is 0 Å². The van der Waals surface area contributed by atoms with Crippen LogP contribution in [0.2, 0.25) is 5.02 Å². The van der Waals surface area contributed by atoms with Gasteiger partial charge in [-0.3, -0.25) is 0 Å². The van der Waals surface area contributed by atoms with E-state index in [1.54, 1.807) is 13.3 Å². The van der Waals surface area contributed by atoms with Crippen LogP contribution >= 0.6 is 34.2 Å². The Morgan fingerprint density at radius 3 is 2.79 bits per heavy atom. The van der Waals surface area contributed by atoms with Crippen molar-refractivity contribution in [2.24, 2.45) is 5.10 Å². The van der Waals surface area contributed by atoms with Gasteiger partial charge in [0.25, 0.3) is 0 Å². The summed E-state index contributed by atoms with van der Waals surface area (Å²) in [6, 6.07) is 11.6. The molecule has 0 unspecified atom stereocenters. The van der Waals surface area contributed by atoms with Crippen molar-refractivity contribution in [1.82, 2.24) is 5.43 Å². The van der Waals surface area contributed by atoms with Crippen LogP contribution < -0.4 is 14.9 Å². The van der Waals surface area contributed by atoms with Crippen molar-refractivity contribution < 1.29 is 9.47 Å². The molecule has 0 saturated heterocycles. The second-order valence-electron chi connectivity index (χ2n) is 5.07. The highest BCUT2D eigenvalue weighted by molar-refractivity contribution is 14.1. The van der Waals surface area contributed by atoms with Gasteiger partial charge in [0, 0.05) is 5.02 Å². The summed E-state index contributed by atoms with van der Waals surface area (Å²) in [6.07, 6.45) is 2.71. The number of benzene rings is 2. The Hall–Kier alpha value is -1.47. The zero-order chi connectivity index (χ0) is 17.4. The molecule has 0 aliphatic rings. The molecule has 4 nitrogen and oxygen atoms in total. The molecule has 0 spiro atoms. The normalized spacial score (nSPS) is 10.8. The van der Waals surface area contributed by atoms with Gasteiger partial charge in [-0.05, 0) is 58.3 Å². The van der Waals surface area contributed by atoms with Crippen molar-refractivity contribution in [1.29, 1.82) is 0 Å². The van der Waals surface area contributed by atoms with Crippen LogP contribution in [0.3, 0.4) is 0 Å². The summed E-state index contributed by atoms with van der Waals surface area (Å²) in [6.45, 7) is 3.31. The number of rotatable bonds is 8. The highest BCUT2D eigenvalue weighted by atomic mass is 127. The number of ether oxygens (including phenoxy) is 2. The smallest absolute Gasteiger partial charge is 0.174 e. The molecule has 0 heterocycles. The van der Waals surface area contributed by atoms with Crippen molar-refractivity contribution in [3.63, 3.8) is 0 Å². The summed E-state index contributed by atoms with van der Waals surface area (Å²) in [4.78, 5) is 0. The van der Waals surface area contributed by atoms with Crippen LogP contribution in [0.1, 0.15) is 24.5 Å². The van der Waals surface area contributed by atoms with Crippen LogP contribution in [0.15, 0.2) is 41.5 Å². The lowest BCUT2D eigenvalue weighted by molar-refractivity contribution is 0.292. The average molecular weight is 459 g/mol. The van der Waals surface area contributed by atoms with Crippen LogP contribution in [-0.2, 0) is 6.54 Å². The first-order valence-electron chi connectivity index (χ1n) is 7.65. The summed E-state index contributed by atoms with van der Waals surface area (Å²) in [7, 11) is 1.64. The van der Waals surface area contributed by atoms with Gasteiger partial charge in [0.2, 0.25) is 0 Å². The second-order valence-corrected chi connectivity index (χ2v) is 6.64. The van der Waals surface area contributed by atoms with E-state index >= 15 is 0 Å². The molecule has 2 aromatic rings. The lowest BCUT2D eigenvalue weighted by Crippen LogP contribution is -2.06. The first-order chi connectivity index (χ1) is 11.7. The van der Waals surface area contributed by atoms with E-state index in [0.29, 0.717) is 18.9 Å². The molecule has 0 aliphatic carbocycles. The van der Waals surface area contributed by atoms with Crippen molar-refractivity contribution in [3.05, 3.63) is 56.1 Å². The minimum Gasteiger partial charge on any atom is -0.493 e. The fraction of sp³-hybridized carbons (Fsp3) is 0.278. The van der Waals surface area contributed by atoms with Crippen LogP contribution in [0.4, 0.5) is 0 Å². The minimum atomic E-state index is 0.572. The summed E-state index contributed by atoms with van der Waals surface area (Å²) >= 11 is 8.36. The van der Waals surface area contributed by atoms with Crippen molar-refractivity contribution in [2.45, 2.75) is 19.9 Å². The largest absolute Gasteiger partial charge is 0.493 e. The quantitative estimate of drug-likeness (QED) is 0.349. The molecule has 0 aromatic heterocycles. The van der Waals surface area contributed by atoms with E-state index in [0.717, 1.165) is 31.9 Å². The Labute approximate surface area is 161 Å². The van der Waals surface area contributed by atoms with Gasteiger partial charge < -0.3 is 14.9 Å². The zero-order valence-corrected chi connectivity index (χ0v) is 16.6. The van der Waals surface area contributed by atoms with Crippen molar-refractivity contribution in [3.8, 4) is 11.5 Å². The summed E-state index contributed by atoms with van der Waals surface area (Å²) in [5, 5.41) is 4.98. The van der Waals surface area contributed by atoms with E-state index in [1.807, 2.05) is 36.4 Å². The summed E-state index contributed by atoms with van der Waals surface area (Å²) in [5.74, 6) is 1.49. The van der Waals surface area contributed by atoms with Gasteiger partial charge in [-0.15, -0.1) is 0 Å². The number of hydrazone groups is 1. The zero-order valence-electron chi connectivity index (χ0n) is 13.7. The molecular weight excluding hydrogens is 439 g/mol. The molecule has 2 rings (SSSR count). The van der Waals surface area contributed by atoms with E-state index in [2.05, 4.69) is 40.0 Å². The van der Waals surface area contributed by atoms with Crippen LogP contribution in [0.5, 0.6) is 11.5 Å². The van der Waals surface area contributed by atoms with Gasteiger partial charge >= 0.3 is 0 Å². The molecule has 1 N–H and O–H groups in total. The van der Waals surface area contributed by atoms with Crippen LogP contribution in [0, 0.1) is 3.57 Å². The molecule has 2 aromatic carbocycles. The van der Waals surface area contributed by atoms with Crippen molar-refractivity contribution >= 4 is 40.4 Å². The monoisotopic (exact) mass is 458 g/mol. The number of methoxy groups -OCH3 is 1. The minimum absolute atomic E-state index is 0.572. The number of hydrogen-bond donors (Lipinski definition) is 1. The van der Waals surface area contributed by atoms with E-state index in [4.69, 9.17) is 21.1 Å². The predicted molar refractivity (Wildman–Crippen MR) is 107 cm³/mol. The molecule has 0 amide bonds. The third kappa shape index (κ3) is 5.27. The molecule has 0 radical (unpaired) electrons. The van der Waals surface area contributed by atoms with Gasteiger partial charge in [-0.2, -0.15) is 5.10 Å². The molecule has 0 fully saturated rings. The van der Waals surface area contributed by atoms with Gasteiger partial charge in [-0.1, -0.05) is 36.7 Å². The molecule has 0 saturated carbocycles. The van der Waals surface area contributed by atoms with E-state index in [-0.39, 0.29) is 0 Å². The third-order valence-corrected chi connectivity index (χ3v) is 4.40. The summed E-state index contributed by atoms with van der Waals surface area (Å²) < 4.78 is 12.2. The highest BCUT2D eigenvalue weighted by Crippen LogP contribution is 2.33. The molecular formula is C18H20ClIN2O2. The maximum Gasteiger partial charge on any atom is 0.174 e. The second kappa shape index (κ2) is 9.74. The molecule has 24 heavy (non-hydrogen) atoms. The van der Waals surface area contributed by atoms with Crippen molar-refractivity contribution in [2.75, 3.05) is 13.7 Å². The molecule has 0 bridgehead atoms. The van der Waals surface area contributed by atoms with Gasteiger partial charge in [0.15, 0.2) is 11.5 Å². The van der Waals surface area contributed by atoms with Crippen LogP contribution in [-0.4, -0.2) is 19.9 Å². The maximum absolute atomic E-state index is 6.12. The molecule has 128 valence electrons. The Morgan fingerprint density at radius 2 is 2.08 bits per heavy atom. The number of nitrogens with one attached hydrogen (secondary N) is 1. The summed E-state index contributed by atoms with van der Waals surface area (Å²) in [5.41, 5.74) is 4.95. The Morgan fingerprint density at radius 1 is 1.29 bits per heavy atom. The molecule has 0 aliphatic heterocycles. The third-order valence-electron chi connectivity index (χ3n) is 3.23. The molecule has 0 atom stereocenters. The number of hydrogen-bond acceptors (Lipinski definition) is 4. The predicted octanol–water partition coefficient (Wildman–Crippen LogP) is 4.87. The highest BCUT2D eigenvalue weighted by Gasteiger charge is 2.10. The fourth-order valence-electron chi connectivity index (χ4n) is 2.05. The molecule has 6 heteroatoms. The Bertz CT molecular complexity index is 707. The Kier molecular flexibility index (Phi) is 7.65.